The second kappa shape index (κ2) is 17.2. The van der Waals surface area contributed by atoms with Crippen molar-refractivity contribution in [2.75, 3.05) is 6.61 Å². The molecule has 262 valence electrons. The van der Waals surface area contributed by atoms with E-state index in [4.69, 9.17) is 28.4 Å². The van der Waals surface area contributed by atoms with Gasteiger partial charge in [0.15, 0.2) is 11.5 Å². The molecular weight excluding hydrogens is 649 g/mol. The molecule has 0 aliphatic carbocycles. The Hall–Kier alpha value is -6.14. The minimum atomic E-state index is -0.287. The molecule has 7 rings (SSSR count). The molecule has 52 heavy (non-hydrogen) atoms. The lowest BCUT2D eigenvalue weighted by Gasteiger charge is -2.29. The summed E-state index contributed by atoms with van der Waals surface area (Å²) in [5, 5.41) is 0. The van der Waals surface area contributed by atoms with E-state index < -0.39 is 0 Å². The number of fused-ring (bicyclic) bond motifs is 1. The second-order valence-corrected chi connectivity index (χ2v) is 12.6. The lowest BCUT2D eigenvalue weighted by molar-refractivity contribution is 0.169. The van der Waals surface area contributed by atoms with Gasteiger partial charge in [-0.2, -0.15) is 0 Å². The van der Waals surface area contributed by atoms with Crippen LogP contribution in [0.1, 0.15) is 45.9 Å². The number of hydrogen-bond acceptors (Lipinski definition) is 6. The van der Waals surface area contributed by atoms with Gasteiger partial charge in [0.2, 0.25) is 5.75 Å². The van der Waals surface area contributed by atoms with Gasteiger partial charge in [0.1, 0.15) is 56.4 Å². The molecule has 1 atom stereocenters. The first-order valence-corrected chi connectivity index (χ1v) is 17.6. The highest BCUT2D eigenvalue weighted by Crippen LogP contribution is 2.47. The molecule has 1 aliphatic rings. The smallest absolute Gasteiger partial charge is 0.203 e. The van der Waals surface area contributed by atoms with Gasteiger partial charge in [-0.3, -0.25) is 0 Å². The largest absolute Gasteiger partial charge is 0.489 e. The van der Waals surface area contributed by atoms with Crippen molar-refractivity contribution in [2.45, 2.75) is 45.4 Å². The second-order valence-electron chi connectivity index (χ2n) is 12.6. The van der Waals surface area contributed by atoms with Crippen molar-refractivity contribution >= 4 is 0 Å². The summed E-state index contributed by atoms with van der Waals surface area (Å²) in [6.45, 7) is 5.76. The average molecular weight is 691 g/mol. The van der Waals surface area contributed by atoms with Gasteiger partial charge in [-0.25, -0.2) is 0 Å². The Labute approximate surface area is 305 Å². The Morgan fingerprint density at radius 2 is 1.00 bits per heavy atom. The molecule has 1 heterocycles. The summed E-state index contributed by atoms with van der Waals surface area (Å²) in [4.78, 5) is 0. The minimum absolute atomic E-state index is 0.287. The molecule has 0 N–H and O–H groups in total. The van der Waals surface area contributed by atoms with Gasteiger partial charge in [-0.1, -0.05) is 134 Å². The quantitative estimate of drug-likeness (QED) is 0.0943. The molecule has 0 spiro atoms. The van der Waals surface area contributed by atoms with E-state index in [1.54, 1.807) is 6.08 Å². The van der Waals surface area contributed by atoms with Crippen molar-refractivity contribution in [1.82, 2.24) is 0 Å². The van der Waals surface area contributed by atoms with Crippen molar-refractivity contribution in [3.63, 3.8) is 0 Å². The van der Waals surface area contributed by atoms with Gasteiger partial charge in [0.05, 0.1) is 0 Å². The highest BCUT2D eigenvalue weighted by atomic mass is 16.5. The van der Waals surface area contributed by atoms with Crippen LogP contribution < -0.4 is 28.4 Å². The van der Waals surface area contributed by atoms with Crippen molar-refractivity contribution in [3.8, 4) is 34.5 Å². The molecule has 0 saturated heterocycles. The molecular formula is C46H42O6. The third kappa shape index (κ3) is 8.95. The van der Waals surface area contributed by atoms with Crippen molar-refractivity contribution < 1.29 is 28.4 Å². The zero-order chi connectivity index (χ0) is 35.4. The fourth-order valence-electron chi connectivity index (χ4n) is 6.11. The van der Waals surface area contributed by atoms with E-state index in [0.717, 1.165) is 57.7 Å². The predicted molar refractivity (Wildman–Crippen MR) is 203 cm³/mol. The van der Waals surface area contributed by atoms with Crippen LogP contribution in [0.4, 0.5) is 0 Å². The van der Waals surface area contributed by atoms with E-state index in [9.17, 15) is 0 Å². The van der Waals surface area contributed by atoms with E-state index in [1.165, 1.54) is 0 Å². The van der Waals surface area contributed by atoms with Gasteiger partial charge >= 0.3 is 0 Å². The Bertz CT molecular complexity index is 1970. The summed E-state index contributed by atoms with van der Waals surface area (Å²) >= 11 is 0. The SMILES string of the molecule is C=CCOc1c(OCc2ccccc2)cc([C@@H]2CCc3c(OCc4ccccc4)cc(OCc4ccccc4)cc3O2)cc1OCc1ccccc1. The number of rotatable bonds is 16. The van der Waals surface area contributed by atoms with Crippen molar-refractivity contribution in [2.24, 2.45) is 0 Å². The number of benzene rings is 6. The standard InChI is InChI=1S/C46H42O6/c1-2-25-47-46-44(50-32-36-19-11-5-12-20-36)26-38(27-45(46)51-33-37-21-13-6-14-22-37)41-24-23-40-42(49-31-35-17-9-4-10-18-35)28-39(29-43(40)52-41)48-30-34-15-7-3-8-16-34/h2-22,26-29,41H,1,23-25,30-33H2/t41-/m0/s1. The molecule has 0 bridgehead atoms. The fourth-order valence-corrected chi connectivity index (χ4v) is 6.11. The maximum Gasteiger partial charge on any atom is 0.203 e. The zero-order valence-electron chi connectivity index (χ0n) is 29.1. The topological polar surface area (TPSA) is 55.4 Å². The van der Waals surface area contributed by atoms with E-state index in [0.29, 0.717) is 56.0 Å². The molecule has 1 aliphatic heterocycles. The van der Waals surface area contributed by atoms with Crippen LogP contribution in [0.15, 0.2) is 158 Å². The minimum Gasteiger partial charge on any atom is -0.489 e. The van der Waals surface area contributed by atoms with Crippen molar-refractivity contribution in [3.05, 3.63) is 192 Å². The van der Waals surface area contributed by atoms with Crippen LogP contribution in [0, 0.1) is 0 Å². The number of hydrogen-bond donors (Lipinski definition) is 0. The molecule has 0 aromatic heterocycles. The first-order valence-electron chi connectivity index (χ1n) is 17.6. The molecule has 0 saturated carbocycles. The highest BCUT2D eigenvalue weighted by molar-refractivity contribution is 5.56. The maximum atomic E-state index is 6.83. The molecule has 0 radical (unpaired) electrons. The van der Waals surface area contributed by atoms with Crippen LogP contribution in [-0.4, -0.2) is 6.61 Å². The summed E-state index contributed by atoms with van der Waals surface area (Å²) in [5.74, 6) is 3.85. The Kier molecular flexibility index (Phi) is 11.3. The third-order valence-electron chi connectivity index (χ3n) is 8.79. The lowest BCUT2D eigenvalue weighted by Crippen LogP contribution is -2.17. The average Bonchev–Trinajstić information content (AvgIpc) is 3.21. The van der Waals surface area contributed by atoms with Crippen molar-refractivity contribution in [1.29, 1.82) is 0 Å². The maximum absolute atomic E-state index is 6.83. The summed E-state index contributed by atoms with van der Waals surface area (Å²) in [5.41, 5.74) is 6.20. The monoisotopic (exact) mass is 690 g/mol. The molecule has 6 nitrogen and oxygen atoms in total. The van der Waals surface area contributed by atoms with Crippen LogP contribution >= 0.6 is 0 Å². The molecule has 6 heteroatoms. The Morgan fingerprint density at radius 3 is 1.48 bits per heavy atom. The molecule has 6 aromatic carbocycles. The fraction of sp³-hybridized carbons (Fsp3) is 0.174. The van der Waals surface area contributed by atoms with Crippen LogP contribution in [-0.2, 0) is 32.8 Å². The van der Waals surface area contributed by atoms with Crippen LogP contribution in [0.2, 0.25) is 0 Å². The van der Waals surface area contributed by atoms with Gasteiger partial charge in [0.25, 0.3) is 0 Å². The molecule has 0 amide bonds. The highest BCUT2D eigenvalue weighted by Gasteiger charge is 2.28. The van der Waals surface area contributed by atoms with E-state index in [-0.39, 0.29) is 6.10 Å². The normalized spacial score (nSPS) is 13.3. The Morgan fingerprint density at radius 1 is 0.538 bits per heavy atom. The lowest BCUT2D eigenvalue weighted by atomic mass is 9.96. The third-order valence-corrected chi connectivity index (χ3v) is 8.79. The number of ether oxygens (including phenoxy) is 6. The zero-order valence-corrected chi connectivity index (χ0v) is 29.1. The summed E-state index contributed by atoms with van der Waals surface area (Å²) in [6, 6.07) is 48.4. The van der Waals surface area contributed by atoms with E-state index in [1.807, 2.05) is 121 Å². The van der Waals surface area contributed by atoms with Gasteiger partial charge in [0, 0.05) is 17.7 Å². The predicted octanol–water partition coefficient (Wildman–Crippen LogP) is 10.6. The molecule has 0 fully saturated rings. The summed E-state index contributed by atoms with van der Waals surface area (Å²) < 4.78 is 38.7. The van der Waals surface area contributed by atoms with Crippen LogP contribution in [0.5, 0.6) is 34.5 Å². The Balaban J connectivity index is 1.21. The van der Waals surface area contributed by atoms with Gasteiger partial charge < -0.3 is 28.4 Å². The van der Waals surface area contributed by atoms with E-state index in [2.05, 4.69) is 30.8 Å². The first kappa shape index (κ1) is 34.3. The van der Waals surface area contributed by atoms with Crippen LogP contribution in [0.3, 0.4) is 0 Å². The first-order chi connectivity index (χ1) is 25.7. The molecule has 0 unspecified atom stereocenters. The summed E-state index contributed by atoms with van der Waals surface area (Å²) in [6.07, 6.45) is 2.90. The molecule has 6 aromatic rings. The summed E-state index contributed by atoms with van der Waals surface area (Å²) in [7, 11) is 0. The van der Waals surface area contributed by atoms with E-state index >= 15 is 0 Å². The van der Waals surface area contributed by atoms with Gasteiger partial charge in [-0.05, 0) is 52.8 Å². The van der Waals surface area contributed by atoms with Crippen LogP contribution in [0.25, 0.3) is 0 Å². The van der Waals surface area contributed by atoms with Gasteiger partial charge in [-0.15, -0.1) is 0 Å².